The van der Waals surface area contributed by atoms with Gasteiger partial charge in [-0.2, -0.15) is 10.1 Å². The number of aromatic nitrogens is 4. The SMILES string of the molecule is CC(Cc1ccnc2ncnn12)c1ccc(OC(F)(F)F)cc1. The lowest BCUT2D eigenvalue weighted by Crippen LogP contribution is -2.17. The smallest absolute Gasteiger partial charge is 0.406 e. The highest BCUT2D eigenvalue weighted by atomic mass is 19.4. The lowest BCUT2D eigenvalue weighted by Gasteiger charge is -2.14. The highest BCUT2D eigenvalue weighted by molar-refractivity contribution is 5.31. The van der Waals surface area contributed by atoms with E-state index in [-0.39, 0.29) is 11.7 Å². The van der Waals surface area contributed by atoms with Crippen LogP contribution in [0.2, 0.25) is 0 Å². The van der Waals surface area contributed by atoms with Crippen LogP contribution in [0.5, 0.6) is 5.75 Å². The zero-order chi connectivity index (χ0) is 16.4. The summed E-state index contributed by atoms with van der Waals surface area (Å²) in [6.45, 7) is 1.99. The Bertz CT molecular complexity index is 798. The standard InChI is InChI=1S/C15H13F3N4O/c1-10(8-12-6-7-19-14-20-9-21-22(12)14)11-2-4-13(5-3-11)23-15(16,17)18/h2-7,9-10H,8H2,1H3. The van der Waals surface area contributed by atoms with Gasteiger partial charge in [-0.15, -0.1) is 13.2 Å². The summed E-state index contributed by atoms with van der Waals surface area (Å²) in [7, 11) is 0. The predicted octanol–water partition coefficient (Wildman–Crippen LogP) is 3.37. The summed E-state index contributed by atoms with van der Waals surface area (Å²) in [5, 5.41) is 4.12. The first kappa shape index (κ1) is 15.3. The van der Waals surface area contributed by atoms with E-state index in [0.717, 1.165) is 11.3 Å². The van der Waals surface area contributed by atoms with Crippen molar-refractivity contribution in [2.75, 3.05) is 0 Å². The van der Waals surface area contributed by atoms with Gasteiger partial charge >= 0.3 is 6.36 Å². The van der Waals surface area contributed by atoms with Crippen LogP contribution >= 0.6 is 0 Å². The Morgan fingerprint density at radius 3 is 2.57 bits per heavy atom. The molecule has 2 aromatic heterocycles. The maximum absolute atomic E-state index is 12.2. The number of hydrogen-bond donors (Lipinski definition) is 0. The Balaban J connectivity index is 1.75. The van der Waals surface area contributed by atoms with Gasteiger partial charge in [-0.25, -0.2) is 9.50 Å². The third-order valence-electron chi connectivity index (χ3n) is 3.46. The van der Waals surface area contributed by atoms with Crippen LogP contribution < -0.4 is 4.74 Å². The predicted molar refractivity (Wildman–Crippen MR) is 76.0 cm³/mol. The highest BCUT2D eigenvalue weighted by Crippen LogP contribution is 2.26. The van der Waals surface area contributed by atoms with Gasteiger partial charge in [0.1, 0.15) is 12.1 Å². The van der Waals surface area contributed by atoms with Gasteiger partial charge in [0, 0.05) is 11.9 Å². The summed E-state index contributed by atoms with van der Waals surface area (Å²) in [6.07, 6.45) is -0.934. The van der Waals surface area contributed by atoms with Gasteiger partial charge in [0.15, 0.2) is 0 Å². The van der Waals surface area contributed by atoms with Gasteiger partial charge in [0.2, 0.25) is 0 Å². The molecule has 1 unspecified atom stereocenters. The number of alkyl halides is 3. The zero-order valence-corrected chi connectivity index (χ0v) is 12.2. The largest absolute Gasteiger partial charge is 0.573 e. The van der Waals surface area contributed by atoms with Crippen molar-refractivity contribution >= 4 is 5.78 Å². The number of rotatable bonds is 4. The molecule has 5 nitrogen and oxygen atoms in total. The molecule has 0 saturated carbocycles. The Labute approximate surface area is 129 Å². The fraction of sp³-hybridized carbons (Fsp3) is 0.267. The summed E-state index contributed by atoms with van der Waals surface area (Å²) in [5.74, 6) is 0.379. The van der Waals surface area contributed by atoms with Crippen molar-refractivity contribution in [2.24, 2.45) is 0 Å². The normalized spacial score (nSPS) is 13.2. The van der Waals surface area contributed by atoms with Crippen LogP contribution in [-0.4, -0.2) is 25.9 Å². The summed E-state index contributed by atoms with van der Waals surface area (Å²) in [6, 6.07) is 7.74. The molecule has 3 rings (SSSR count). The van der Waals surface area contributed by atoms with Gasteiger partial charge in [-0.1, -0.05) is 19.1 Å². The monoisotopic (exact) mass is 322 g/mol. The van der Waals surface area contributed by atoms with E-state index in [1.165, 1.54) is 18.5 Å². The van der Waals surface area contributed by atoms with E-state index in [4.69, 9.17) is 0 Å². The molecule has 8 heteroatoms. The molecule has 1 aromatic carbocycles. The van der Waals surface area contributed by atoms with E-state index in [9.17, 15) is 13.2 Å². The number of benzene rings is 1. The first-order chi connectivity index (χ1) is 10.9. The van der Waals surface area contributed by atoms with E-state index in [1.807, 2.05) is 13.0 Å². The molecule has 0 fully saturated rings. The van der Waals surface area contributed by atoms with E-state index in [1.54, 1.807) is 22.8 Å². The Hall–Kier alpha value is -2.64. The molecule has 0 aliphatic rings. The molecule has 1 atom stereocenters. The second-order valence-electron chi connectivity index (χ2n) is 5.13. The Kier molecular flexibility index (Phi) is 3.89. The topological polar surface area (TPSA) is 52.3 Å². The second-order valence-corrected chi connectivity index (χ2v) is 5.13. The molecule has 0 aliphatic heterocycles. The van der Waals surface area contributed by atoms with Crippen molar-refractivity contribution in [1.82, 2.24) is 19.6 Å². The van der Waals surface area contributed by atoms with Gasteiger partial charge < -0.3 is 4.74 Å². The molecule has 0 aliphatic carbocycles. The van der Waals surface area contributed by atoms with Crippen LogP contribution in [0.25, 0.3) is 5.78 Å². The summed E-state index contributed by atoms with van der Waals surface area (Å²) < 4.78 is 42.0. The van der Waals surface area contributed by atoms with Gasteiger partial charge in [0.05, 0.1) is 0 Å². The molecular weight excluding hydrogens is 309 g/mol. The van der Waals surface area contributed by atoms with Crippen LogP contribution in [0.3, 0.4) is 0 Å². The molecular formula is C15H13F3N4O. The fourth-order valence-electron chi connectivity index (χ4n) is 2.37. The van der Waals surface area contributed by atoms with E-state index < -0.39 is 6.36 Å². The molecule has 120 valence electrons. The van der Waals surface area contributed by atoms with Gasteiger partial charge in [-0.05, 0) is 36.1 Å². The lowest BCUT2D eigenvalue weighted by atomic mass is 9.96. The van der Waals surface area contributed by atoms with Crippen LogP contribution in [0.15, 0.2) is 42.9 Å². The van der Waals surface area contributed by atoms with Crippen molar-refractivity contribution in [3.63, 3.8) is 0 Å². The molecule has 23 heavy (non-hydrogen) atoms. The number of hydrogen-bond acceptors (Lipinski definition) is 4. The number of ether oxygens (including phenoxy) is 1. The first-order valence-corrected chi connectivity index (χ1v) is 6.92. The molecule has 0 spiro atoms. The molecule has 0 saturated heterocycles. The van der Waals surface area contributed by atoms with Crippen molar-refractivity contribution in [3.8, 4) is 5.75 Å². The first-order valence-electron chi connectivity index (χ1n) is 6.92. The minimum Gasteiger partial charge on any atom is -0.406 e. The van der Waals surface area contributed by atoms with E-state index in [0.29, 0.717) is 12.2 Å². The van der Waals surface area contributed by atoms with Crippen LogP contribution in [0.4, 0.5) is 13.2 Å². The maximum atomic E-state index is 12.2. The number of halogens is 3. The minimum atomic E-state index is -4.68. The zero-order valence-electron chi connectivity index (χ0n) is 12.2. The van der Waals surface area contributed by atoms with Crippen molar-refractivity contribution < 1.29 is 17.9 Å². The number of fused-ring (bicyclic) bond motifs is 1. The molecule has 0 amide bonds. The molecule has 0 N–H and O–H groups in total. The fourth-order valence-corrected chi connectivity index (χ4v) is 2.37. The van der Waals surface area contributed by atoms with Crippen molar-refractivity contribution in [1.29, 1.82) is 0 Å². The number of nitrogens with zero attached hydrogens (tertiary/aromatic N) is 4. The van der Waals surface area contributed by atoms with Crippen molar-refractivity contribution in [2.45, 2.75) is 25.6 Å². The molecule has 0 bridgehead atoms. The highest BCUT2D eigenvalue weighted by Gasteiger charge is 2.31. The van der Waals surface area contributed by atoms with Crippen LogP contribution in [0, 0.1) is 0 Å². The van der Waals surface area contributed by atoms with E-state index >= 15 is 0 Å². The van der Waals surface area contributed by atoms with Gasteiger partial charge in [0.25, 0.3) is 5.78 Å². The van der Waals surface area contributed by atoms with Gasteiger partial charge in [-0.3, -0.25) is 0 Å². The Morgan fingerprint density at radius 1 is 1.13 bits per heavy atom. The third kappa shape index (κ3) is 3.58. The molecule has 0 radical (unpaired) electrons. The van der Waals surface area contributed by atoms with E-state index in [2.05, 4.69) is 19.8 Å². The summed E-state index contributed by atoms with van der Waals surface area (Å²) in [4.78, 5) is 8.12. The Morgan fingerprint density at radius 2 is 1.87 bits per heavy atom. The third-order valence-corrected chi connectivity index (χ3v) is 3.46. The summed E-state index contributed by atoms with van der Waals surface area (Å²) >= 11 is 0. The summed E-state index contributed by atoms with van der Waals surface area (Å²) in [5.41, 5.74) is 1.83. The second kappa shape index (κ2) is 5.86. The molecule has 3 aromatic rings. The maximum Gasteiger partial charge on any atom is 0.573 e. The average molecular weight is 322 g/mol. The average Bonchev–Trinajstić information content (AvgIpc) is 2.96. The van der Waals surface area contributed by atoms with Crippen LogP contribution in [0.1, 0.15) is 24.1 Å². The quantitative estimate of drug-likeness (QED) is 0.739. The van der Waals surface area contributed by atoms with Crippen molar-refractivity contribution in [3.05, 3.63) is 54.1 Å². The molecule has 2 heterocycles. The minimum absolute atomic E-state index is 0.0877. The van der Waals surface area contributed by atoms with Crippen LogP contribution in [-0.2, 0) is 6.42 Å². The lowest BCUT2D eigenvalue weighted by molar-refractivity contribution is -0.274.